The van der Waals surface area contributed by atoms with Crippen molar-refractivity contribution in [3.63, 3.8) is 0 Å². The van der Waals surface area contributed by atoms with E-state index in [0.29, 0.717) is 0 Å². The fourth-order valence-electron chi connectivity index (χ4n) is 1.40. The number of aromatic nitrogens is 2. The van der Waals surface area contributed by atoms with Crippen LogP contribution in [0.1, 0.15) is 10.5 Å². The second-order valence-corrected chi connectivity index (χ2v) is 4.17. The van der Waals surface area contributed by atoms with Gasteiger partial charge in [0.1, 0.15) is 11.5 Å². The number of aryl methyl sites for hydroxylation is 1. The molecule has 0 saturated heterocycles. The molecule has 7 heteroatoms. The standard InChI is InChI=1S/C12H9ClFN3O2/c1-17-11(18)5-4-10(16-17)12(19)15-9-3-2-7(14)6-8(9)13/h2-6H,1H3,(H,15,19). The van der Waals surface area contributed by atoms with Crippen molar-refractivity contribution in [1.82, 2.24) is 9.78 Å². The van der Waals surface area contributed by atoms with Crippen molar-refractivity contribution in [3.05, 3.63) is 57.2 Å². The first-order valence-corrected chi connectivity index (χ1v) is 5.66. The van der Waals surface area contributed by atoms with Gasteiger partial charge in [-0.2, -0.15) is 5.10 Å². The summed E-state index contributed by atoms with van der Waals surface area (Å²) in [5, 5.41) is 6.36. The van der Waals surface area contributed by atoms with Crippen molar-refractivity contribution in [1.29, 1.82) is 0 Å². The number of nitrogens with one attached hydrogen (secondary N) is 1. The maximum absolute atomic E-state index is 12.9. The lowest BCUT2D eigenvalue weighted by atomic mass is 10.3. The fraction of sp³-hybridized carbons (Fsp3) is 0.0833. The second kappa shape index (κ2) is 5.19. The third-order valence-electron chi connectivity index (χ3n) is 2.37. The summed E-state index contributed by atoms with van der Waals surface area (Å²) in [6, 6.07) is 6.14. The second-order valence-electron chi connectivity index (χ2n) is 3.76. The Hall–Kier alpha value is -2.21. The number of amides is 1. The van der Waals surface area contributed by atoms with Crippen LogP contribution in [0.2, 0.25) is 5.02 Å². The Balaban J connectivity index is 2.25. The molecule has 1 aromatic heterocycles. The van der Waals surface area contributed by atoms with Crippen molar-refractivity contribution in [2.75, 3.05) is 5.32 Å². The summed E-state index contributed by atoms with van der Waals surface area (Å²) >= 11 is 5.79. The van der Waals surface area contributed by atoms with E-state index in [1.165, 1.54) is 31.3 Å². The predicted octanol–water partition coefficient (Wildman–Crippen LogP) is 1.83. The number of nitrogens with zero attached hydrogens (tertiary/aromatic N) is 2. The van der Waals surface area contributed by atoms with Crippen LogP contribution in [0, 0.1) is 5.82 Å². The highest BCUT2D eigenvalue weighted by molar-refractivity contribution is 6.33. The van der Waals surface area contributed by atoms with E-state index in [9.17, 15) is 14.0 Å². The molecule has 1 aromatic carbocycles. The van der Waals surface area contributed by atoms with Crippen LogP contribution in [-0.2, 0) is 7.05 Å². The van der Waals surface area contributed by atoms with E-state index in [0.717, 1.165) is 10.7 Å². The quantitative estimate of drug-likeness (QED) is 0.913. The summed E-state index contributed by atoms with van der Waals surface area (Å²) in [5.41, 5.74) is 0.00239. The molecule has 0 spiro atoms. The van der Waals surface area contributed by atoms with Crippen LogP contribution in [0.3, 0.4) is 0 Å². The first kappa shape index (κ1) is 13.2. The zero-order chi connectivity index (χ0) is 14.0. The number of hydrogen-bond acceptors (Lipinski definition) is 3. The molecule has 19 heavy (non-hydrogen) atoms. The van der Waals surface area contributed by atoms with Crippen LogP contribution in [0.4, 0.5) is 10.1 Å². The number of rotatable bonds is 2. The average molecular weight is 282 g/mol. The third kappa shape index (κ3) is 2.97. The molecule has 2 aromatic rings. The number of benzene rings is 1. The molecule has 0 atom stereocenters. The third-order valence-corrected chi connectivity index (χ3v) is 2.69. The summed E-state index contributed by atoms with van der Waals surface area (Å²) < 4.78 is 13.9. The summed E-state index contributed by atoms with van der Waals surface area (Å²) in [7, 11) is 1.43. The first-order valence-electron chi connectivity index (χ1n) is 5.28. The SMILES string of the molecule is Cn1nc(C(=O)Nc2ccc(F)cc2Cl)ccc1=O. The first-order chi connectivity index (χ1) is 8.97. The maximum Gasteiger partial charge on any atom is 0.276 e. The topological polar surface area (TPSA) is 64.0 Å². The average Bonchev–Trinajstić information content (AvgIpc) is 2.36. The van der Waals surface area contributed by atoms with Gasteiger partial charge in [0.25, 0.3) is 11.5 Å². The van der Waals surface area contributed by atoms with Crippen LogP contribution >= 0.6 is 11.6 Å². The molecule has 1 heterocycles. The van der Waals surface area contributed by atoms with Crippen molar-refractivity contribution in [3.8, 4) is 0 Å². The van der Waals surface area contributed by atoms with Crippen molar-refractivity contribution >= 4 is 23.2 Å². The number of carbonyl (C=O) groups excluding carboxylic acids is 1. The van der Waals surface area contributed by atoms with E-state index in [-0.39, 0.29) is 22.0 Å². The predicted molar refractivity (Wildman–Crippen MR) is 68.8 cm³/mol. The van der Waals surface area contributed by atoms with Gasteiger partial charge in [-0.1, -0.05) is 11.6 Å². The van der Waals surface area contributed by atoms with Gasteiger partial charge in [0.05, 0.1) is 10.7 Å². The van der Waals surface area contributed by atoms with E-state index >= 15 is 0 Å². The molecule has 0 saturated carbocycles. The number of hydrogen-bond donors (Lipinski definition) is 1. The monoisotopic (exact) mass is 281 g/mol. The molecule has 0 unspecified atom stereocenters. The lowest BCUT2D eigenvalue weighted by Gasteiger charge is -2.07. The highest BCUT2D eigenvalue weighted by atomic mass is 35.5. The van der Waals surface area contributed by atoms with Crippen molar-refractivity contribution in [2.45, 2.75) is 0 Å². The lowest BCUT2D eigenvalue weighted by Crippen LogP contribution is -2.23. The summed E-state index contributed by atoms with van der Waals surface area (Å²) in [6.07, 6.45) is 0. The zero-order valence-electron chi connectivity index (χ0n) is 9.85. The van der Waals surface area contributed by atoms with Gasteiger partial charge < -0.3 is 5.32 Å². The van der Waals surface area contributed by atoms with Crippen LogP contribution in [0.15, 0.2) is 35.1 Å². The number of halogens is 2. The van der Waals surface area contributed by atoms with Crippen molar-refractivity contribution in [2.24, 2.45) is 7.05 Å². The fourth-order valence-corrected chi connectivity index (χ4v) is 1.62. The Morgan fingerprint density at radius 1 is 1.37 bits per heavy atom. The Kier molecular flexibility index (Phi) is 3.62. The Morgan fingerprint density at radius 3 is 2.74 bits per heavy atom. The van der Waals surface area contributed by atoms with Gasteiger partial charge in [-0.15, -0.1) is 0 Å². The smallest absolute Gasteiger partial charge is 0.276 e. The zero-order valence-corrected chi connectivity index (χ0v) is 10.6. The molecular weight excluding hydrogens is 273 g/mol. The largest absolute Gasteiger partial charge is 0.319 e. The van der Waals surface area contributed by atoms with Gasteiger partial charge in [-0.3, -0.25) is 9.59 Å². The molecule has 5 nitrogen and oxygen atoms in total. The van der Waals surface area contributed by atoms with Crippen LogP contribution < -0.4 is 10.9 Å². The summed E-state index contributed by atoms with van der Waals surface area (Å²) in [6.45, 7) is 0. The van der Waals surface area contributed by atoms with E-state index in [4.69, 9.17) is 11.6 Å². The van der Waals surface area contributed by atoms with Gasteiger partial charge in [0, 0.05) is 13.1 Å². The molecule has 98 valence electrons. The minimum Gasteiger partial charge on any atom is -0.319 e. The molecule has 0 aliphatic rings. The molecule has 1 amide bonds. The van der Waals surface area contributed by atoms with Crippen LogP contribution in [0.5, 0.6) is 0 Å². The molecule has 0 aliphatic carbocycles. The Bertz CT molecular complexity index is 700. The van der Waals surface area contributed by atoms with Gasteiger partial charge in [-0.05, 0) is 24.3 Å². The molecule has 0 aliphatic heterocycles. The van der Waals surface area contributed by atoms with Gasteiger partial charge in [0.2, 0.25) is 0 Å². The highest BCUT2D eigenvalue weighted by Gasteiger charge is 2.11. The van der Waals surface area contributed by atoms with Crippen LogP contribution in [0.25, 0.3) is 0 Å². The van der Waals surface area contributed by atoms with Gasteiger partial charge in [0.15, 0.2) is 0 Å². The molecule has 0 fully saturated rings. The van der Waals surface area contributed by atoms with Crippen molar-refractivity contribution < 1.29 is 9.18 Å². The minimum atomic E-state index is -0.538. The molecule has 2 rings (SSSR count). The van der Waals surface area contributed by atoms with Gasteiger partial charge in [-0.25, -0.2) is 9.07 Å². The van der Waals surface area contributed by atoms with Gasteiger partial charge >= 0.3 is 0 Å². The van der Waals surface area contributed by atoms with E-state index < -0.39 is 11.7 Å². The van der Waals surface area contributed by atoms with E-state index in [1.807, 2.05) is 0 Å². The molecular formula is C12H9ClFN3O2. The van der Waals surface area contributed by atoms with Crippen LogP contribution in [-0.4, -0.2) is 15.7 Å². The Morgan fingerprint density at radius 2 is 2.11 bits per heavy atom. The molecule has 0 bridgehead atoms. The lowest BCUT2D eigenvalue weighted by molar-refractivity contribution is 0.102. The Labute approximate surface area is 112 Å². The minimum absolute atomic E-state index is 0.0579. The van der Waals surface area contributed by atoms with E-state index in [1.54, 1.807) is 0 Å². The molecule has 1 N–H and O–H groups in total. The van der Waals surface area contributed by atoms with E-state index in [2.05, 4.69) is 10.4 Å². The summed E-state index contributed by atoms with van der Waals surface area (Å²) in [5.74, 6) is -1.03. The molecule has 0 radical (unpaired) electrons. The normalized spacial score (nSPS) is 10.3. The summed E-state index contributed by atoms with van der Waals surface area (Å²) in [4.78, 5) is 23.0. The number of anilines is 1. The number of carbonyl (C=O) groups is 1. The highest BCUT2D eigenvalue weighted by Crippen LogP contribution is 2.22. The maximum atomic E-state index is 12.9.